The van der Waals surface area contributed by atoms with E-state index in [1.807, 2.05) is 30.3 Å². The van der Waals surface area contributed by atoms with E-state index in [4.69, 9.17) is 0 Å². The molecule has 3 rings (SSSR count). The molecular weight excluding hydrogens is 484 g/mol. The lowest BCUT2D eigenvalue weighted by molar-refractivity contribution is -0.870. The van der Waals surface area contributed by atoms with Crippen LogP contribution in [-0.4, -0.2) is 51.4 Å². The van der Waals surface area contributed by atoms with Gasteiger partial charge in [0, 0.05) is 13.1 Å². The highest BCUT2D eigenvalue weighted by molar-refractivity contribution is 7.89. The van der Waals surface area contributed by atoms with E-state index >= 15 is 0 Å². The molecule has 0 aromatic heterocycles. The fourth-order valence-electron chi connectivity index (χ4n) is 4.00. The van der Waals surface area contributed by atoms with E-state index in [1.165, 1.54) is 0 Å². The van der Waals surface area contributed by atoms with Gasteiger partial charge in [-0.25, -0.2) is 8.42 Å². The van der Waals surface area contributed by atoms with E-state index in [2.05, 4.69) is 53.2 Å². The van der Waals surface area contributed by atoms with Crippen molar-refractivity contribution in [2.75, 3.05) is 34.2 Å². The zero-order valence-corrected chi connectivity index (χ0v) is 22.2. The van der Waals surface area contributed by atoms with Gasteiger partial charge >= 0.3 is 0 Å². The Morgan fingerprint density at radius 2 is 1.44 bits per heavy atom. The highest BCUT2D eigenvalue weighted by atomic mass is 79.9. The number of sulfonamides is 1. The highest BCUT2D eigenvalue weighted by Crippen LogP contribution is 2.24. The minimum absolute atomic E-state index is 0. The van der Waals surface area contributed by atoms with Gasteiger partial charge in [-0.1, -0.05) is 59.7 Å². The van der Waals surface area contributed by atoms with Crippen molar-refractivity contribution >= 4 is 20.8 Å². The molecule has 6 heteroatoms. The summed E-state index contributed by atoms with van der Waals surface area (Å²) in [6.45, 7) is 6.04. The zero-order chi connectivity index (χ0) is 22.6. The first-order chi connectivity index (χ1) is 14.5. The SMILES string of the molecule is Cc1cc(C)cc(CN(CCCC[N+](C)(C)C)S(=O)(=O)c2ccc3ccccc3c2)c1.[Br-]. The van der Waals surface area contributed by atoms with Gasteiger partial charge in [0.1, 0.15) is 0 Å². The summed E-state index contributed by atoms with van der Waals surface area (Å²) < 4.78 is 29.9. The lowest BCUT2D eigenvalue weighted by Gasteiger charge is -2.26. The number of quaternary nitrogens is 1. The maximum absolute atomic E-state index is 13.7. The lowest BCUT2D eigenvalue weighted by Crippen LogP contribution is -3.00. The van der Waals surface area contributed by atoms with Crippen LogP contribution >= 0.6 is 0 Å². The Morgan fingerprint density at radius 3 is 2.06 bits per heavy atom. The number of hydrogen-bond donors (Lipinski definition) is 0. The second-order valence-corrected chi connectivity index (χ2v) is 11.5. The molecule has 0 amide bonds. The van der Waals surface area contributed by atoms with Crippen LogP contribution in [0.25, 0.3) is 10.8 Å². The molecule has 0 spiro atoms. The Hall–Kier alpha value is -1.73. The van der Waals surface area contributed by atoms with E-state index in [1.54, 1.807) is 16.4 Å². The molecule has 0 heterocycles. The first kappa shape index (κ1) is 26.5. The van der Waals surface area contributed by atoms with Crippen LogP contribution in [0.15, 0.2) is 65.6 Å². The molecule has 0 aliphatic carbocycles. The summed E-state index contributed by atoms with van der Waals surface area (Å²) in [4.78, 5) is 0.363. The maximum Gasteiger partial charge on any atom is 0.243 e. The molecule has 3 aromatic rings. The van der Waals surface area contributed by atoms with Gasteiger partial charge in [-0.2, -0.15) is 4.31 Å². The summed E-state index contributed by atoms with van der Waals surface area (Å²) in [5, 5.41) is 1.99. The largest absolute Gasteiger partial charge is 1.00 e. The Balaban J connectivity index is 0.00000363. The Bertz CT molecular complexity index is 1130. The quantitative estimate of drug-likeness (QED) is 0.321. The summed E-state index contributed by atoms with van der Waals surface area (Å²) >= 11 is 0. The van der Waals surface area contributed by atoms with E-state index in [-0.39, 0.29) is 17.0 Å². The third-order valence-electron chi connectivity index (χ3n) is 5.49. The van der Waals surface area contributed by atoms with Gasteiger partial charge in [0.2, 0.25) is 10.0 Å². The molecule has 0 radical (unpaired) electrons. The van der Waals surface area contributed by atoms with Crippen molar-refractivity contribution in [1.29, 1.82) is 0 Å². The van der Waals surface area contributed by atoms with Crippen molar-refractivity contribution in [3.8, 4) is 0 Å². The third-order valence-corrected chi connectivity index (χ3v) is 7.33. The third kappa shape index (κ3) is 7.14. The fraction of sp³-hybridized carbons (Fsp3) is 0.385. The lowest BCUT2D eigenvalue weighted by atomic mass is 10.1. The molecule has 0 N–H and O–H groups in total. The topological polar surface area (TPSA) is 37.4 Å². The van der Waals surface area contributed by atoms with Gasteiger partial charge in [-0.3, -0.25) is 0 Å². The van der Waals surface area contributed by atoms with E-state index in [0.29, 0.717) is 18.0 Å². The van der Waals surface area contributed by atoms with E-state index in [0.717, 1.165) is 51.3 Å². The first-order valence-electron chi connectivity index (χ1n) is 10.9. The smallest absolute Gasteiger partial charge is 0.243 e. The molecule has 4 nitrogen and oxygen atoms in total. The fourth-order valence-corrected chi connectivity index (χ4v) is 5.50. The van der Waals surface area contributed by atoms with Crippen LogP contribution in [0.4, 0.5) is 0 Å². The molecular formula is C26H35BrN2O2S. The molecule has 0 saturated heterocycles. The molecule has 174 valence electrons. The summed E-state index contributed by atoms with van der Waals surface area (Å²) in [7, 11) is 2.89. The summed E-state index contributed by atoms with van der Waals surface area (Å²) in [5.41, 5.74) is 3.35. The van der Waals surface area contributed by atoms with Crippen molar-refractivity contribution in [2.24, 2.45) is 0 Å². The van der Waals surface area contributed by atoms with Crippen LogP contribution < -0.4 is 17.0 Å². The van der Waals surface area contributed by atoms with Crippen LogP contribution in [0.5, 0.6) is 0 Å². The molecule has 0 unspecified atom stereocenters. The van der Waals surface area contributed by atoms with Gasteiger partial charge < -0.3 is 21.5 Å². The molecule has 0 atom stereocenters. The second-order valence-electron chi connectivity index (χ2n) is 9.56. The van der Waals surface area contributed by atoms with Crippen molar-refractivity contribution in [3.05, 3.63) is 77.4 Å². The van der Waals surface area contributed by atoms with Crippen LogP contribution in [0.3, 0.4) is 0 Å². The number of halogens is 1. The van der Waals surface area contributed by atoms with Gasteiger partial charge in [0.25, 0.3) is 0 Å². The summed E-state index contributed by atoms with van der Waals surface area (Å²) in [5.74, 6) is 0. The maximum atomic E-state index is 13.7. The minimum atomic E-state index is -3.60. The minimum Gasteiger partial charge on any atom is -1.00 e. The number of rotatable bonds is 9. The monoisotopic (exact) mass is 518 g/mol. The van der Waals surface area contributed by atoms with Gasteiger partial charge in [0.15, 0.2) is 0 Å². The van der Waals surface area contributed by atoms with Gasteiger partial charge in [-0.05, 0) is 55.2 Å². The van der Waals surface area contributed by atoms with Crippen molar-refractivity contribution < 1.29 is 29.9 Å². The molecule has 32 heavy (non-hydrogen) atoms. The van der Waals surface area contributed by atoms with Crippen LogP contribution in [0, 0.1) is 13.8 Å². The van der Waals surface area contributed by atoms with Crippen LogP contribution in [0.2, 0.25) is 0 Å². The van der Waals surface area contributed by atoms with Crippen molar-refractivity contribution in [3.63, 3.8) is 0 Å². The first-order valence-corrected chi connectivity index (χ1v) is 12.4. The molecule has 0 bridgehead atoms. The number of fused-ring (bicyclic) bond motifs is 1. The zero-order valence-electron chi connectivity index (χ0n) is 19.8. The summed E-state index contributed by atoms with van der Waals surface area (Å²) in [6.07, 6.45) is 1.83. The Labute approximate surface area is 204 Å². The Morgan fingerprint density at radius 1 is 0.812 bits per heavy atom. The van der Waals surface area contributed by atoms with Crippen LogP contribution in [0.1, 0.15) is 29.5 Å². The van der Waals surface area contributed by atoms with Crippen molar-refractivity contribution in [1.82, 2.24) is 4.31 Å². The number of hydrogen-bond acceptors (Lipinski definition) is 2. The number of nitrogens with zero attached hydrogens (tertiary/aromatic N) is 2. The normalized spacial score (nSPS) is 12.2. The van der Waals surface area contributed by atoms with Gasteiger partial charge in [0.05, 0.1) is 32.6 Å². The molecule has 3 aromatic carbocycles. The number of aryl methyl sites for hydroxylation is 2. The summed E-state index contributed by atoms with van der Waals surface area (Å²) in [6, 6.07) is 19.6. The number of unbranched alkanes of at least 4 members (excludes halogenated alkanes) is 1. The predicted molar refractivity (Wildman–Crippen MR) is 130 cm³/mol. The van der Waals surface area contributed by atoms with Crippen molar-refractivity contribution in [2.45, 2.75) is 38.1 Å². The van der Waals surface area contributed by atoms with E-state index in [9.17, 15) is 8.42 Å². The predicted octanol–water partition coefficient (Wildman–Crippen LogP) is 2.14. The van der Waals surface area contributed by atoms with E-state index < -0.39 is 10.0 Å². The molecule has 0 aliphatic rings. The second kappa shape index (κ2) is 10.9. The average Bonchev–Trinajstić information content (AvgIpc) is 2.68. The Kier molecular flexibility index (Phi) is 9.06. The standard InChI is InChI=1S/C26H35N2O2S.BrH/c1-21-16-22(2)18-23(17-21)20-27(14-8-9-15-28(3,4)5)31(29,30)26-13-12-24-10-6-7-11-25(24)19-26;/h6-7,10-13,16-19H,8-9,14-15,20H2,1-5H3;1H/q+1;/p-1. The van der Waals surface area contributed by atoms with Gasteiger partial charge in [-0.15, -0.1) is 0 Å². The number of benzene rings is 3. The average molecular weight is 520 g/mol. The molecule has 0 fully saturated rings. The molecule has 0 aliphatic heterocycles. The van der Waals surface area contributed by atoms with Crippen LogP contribution in [-0.2, 0) is 16.6 Å². The highest BCUT2D eigenvalue weighted by Gasteiger charge is 2.25. The molecule has 0 saturated carbocycles.